The number of benzene rings is 2. The number of aromatic nitrogens is 2. The molecule has 2 aromatic carbocycles. The molecule has 5 rings (SSSR count). The molecule has 3 aromatic rings. The number of piperidine rings is 1. The summed E-state index contributed by atoms with van der Waals surface area (Å²) in [7, 11) is 3.35. The molecule has 1 unspecified atom stereocenters. The highest BCUT2D eigenvalue weighted by atomic mass is 35.5. The predicted octanol–water partition coefficient (Wildman–Crippen LogP) is 5.88. The van der Waals surface area contributed by atoms with Crippen molar-refractivity contribution in [3.63, 3.8) is 0 Å². The fraction of sp³-hybridized carbons (Fsp3) is 0.483. The zero-order chi connectivity index (χ0) is 25.8. The summed E-state index contributed by atoms with van der Waals surface area (Å²) in [6, 6.07) is 14.9. The molecule has 1 atom stereocenters. The molecule has 0 radical (unpaired) electrons. The zero-order valence-corrected chi connectivity index (χ0v) is 22.7. The second kappa shape index (κ2) is 11.9. The summed E-state index contributed by atoms with van der Waals surface area (Å²) in [6.07, 6.45) is 4.01. The summed E-state index contributed by atoms with van der Waals surface area (Å²) in [5.41, 5.74) is 4.56. The summed E-state index contributed by atoms with van der Waals surface area (Å²) in [5.74, 6) is 2.37. The van der Waals surface area contributed by atoms with Crippen LogP contribution in [0.1, 0.15) is 49.0 Å². The molecule has 0 aliphatic carbocycles. The van der Waals surface area contributed by atoms with E-state index >= 15 is 0 Å². The summed E-state index contributed by atoms with van der Waals surface area (Å²) < 4.78 is 25.0. The molecule has 2 aliphatic heterocycles. The monoisotopic (exact) mass is 525 g/mol. The van der Waals surface area contributed by atoms with E-state index < -0.39 is 0 Å². The van der Waals surface area contributed by atoms with Crippen molar-refractivity contribution >= 4 is 11.6 Å². The van der Waals surface area contributed by atoms with Gasteiger partial charge in [-0.3, -0.25) is 4.90 Å². The molecule has 198 valence electrons. The minimum Gasteiger partial charge on any atom is -0.493 e. The number of halogens is 1. The van der Waals surface area contributed by atoms with Gasteiger partial charge in [0.1, 0.15) is 5.82 Å². The topological polar surface area (TPSA) is 58.0 Å². The lowest BCUT2D eigenvalue weighted by Crippen LogP contribution is -2.34. The summed E-state index contributed by atoms with van der Waals surface area (Å²) >= 11 is 6.90. The van der Waals surface area contributed by atoms with Gasteiger partial charge in [-0.25, -0.2) is 4.98 Å². The van der Waals surface area contributed by atoms with Gasteiger partial charge in [-0.05, 0) is 49.1 Å². The molecule has 8 heteroatoms. The van der Waals surface area contributed by atoms with Crippen LogP contribution in [0.2, 0.25) is 5.15 Å². The van der Waals surface area contributed by atoms with Crippen molar-refractivity contribution in [3.8, 4) is 22.9 Å². The average molecular weight is 526 g/mol. The standard InChI is InChI=1S/C29H36ClN3O4/c1-4-20-9-5-6-10-22(20)29-31-28(30)24(33(29)19-27-36-15-16-37-27)18-32-14-8-7-11-23(32)21-12-13-25(34-2)26(17-21)35-3/h5-6,9-10,12-13,17,23,27H,4,7-8,11,14-16,18-19H2,1-3H3. The summed E-state index contributed by atoms with van der Waals surface area (Å²) in [4.78, 5) is 7.41. The highest BCUT2D eigenvalue weighted by Crippen LogP contribution is 2.38. The lowest BCUT2D eigenvalue weighted by Gasteiger charge is -2.36. The van der Waals surface area contributed by atoms with Crippen LogP contribution < -0.4 is 9.47 Å². The van der Waals surface area contributed by atoms with Crippen LogP contribution in [0, 0.1) is 0 Å². The predicted molar refractivity (Wildman–Crippen MR) is 144 cm³/mol. The third-order valence-corrected chi connectivity index (χ3v) is 7.75. The van der Waals surface area contributed by atoms with Crippen molar-refractivity contribution in [2.24, 2.45) is 0 Å². The van der Waals surface area contributed by atoms with Crippen LogP contribution in [0.3, 0.4) is 0 Å². The van der Waals surface area contributed by atoms with Crippen LogP contribution >= 0.6 is 11.6 Å². The maximum Gasteiger partial charge on any atom is 0.175 e. The first-order valence-electron chi connectivity index (χ1n) is 13.1. The second-order valence-electron chi connectivity index (χ2n) is 9.56. The van der Waals surface area contributed by atoms with Gasteiger partial charge in [0.2, 0.25) is 0 Å². The Balaban J connectivity index is 1.51. The van der Waals surface area contributed by atoms with Gasteiger partial charge in [-0.2, -0.15) is 0 Å². The lowest BCUT2D eigenvalue weighted by molar-refractivity contribution is -0.0529. The van der Waals surface area contributed by atoms with Gasteiger partial charge in [-0.15, -0.1) is 0 Å². The van der Waals surface area contributed by atoms with E-state index in [1.165, 1.54) is 17.5 Å². The Bertz CT molecular complexity index is 1210. The Morgan fingerprint density at radius 2 is 1.81 bits per heavy atom. The van der Waals surface area contributed by atoms with Crippen molar-refractivity contribution in [1.82, 2.24) is 14.5 Å². The maximum atomic E-state index is 6.90. The van der Waals surface area contributed by atoms with Crippen LogP contribution in [0.25, 0.3) is 11.4 Å². The zero-order valence-electron chi connectivity index (χ0n) is 21.9. The van der Waals surface area contributed by atoms with Crippen molar-refractivity contribution in [1.29, 1.82) is 0 Å². The third kappa shape index (κ3) is 5.50. The van der Waals surface area contributed by atoms with E-state index in [4.69, 9.17) is 35.5 Å². The number of likely N-dealkylation sites (tertiary alicyclic amines) is 1. The smallest absolute Gasteiger partial charge is 0.175 e. The first kappa shape index (κ1) is 26.0. The Morgan fingerprint density at radius 3 is 2.57 bits per heavy atom. The minimum atomic E-state index is -0.306. The van der Waals surface area contributed by atoms with Gasteiger partial charge in [-0.1, -0.05) is 55.3 Å². The fourth-order valence-corrected chi connectivity index (χ4v) is 5.77. The molecule has 3 heterocycles. The highest BCUT2D eigenvalue weighted by molar-refractivity contribution is 6.30. The SMILES string of the molecule is CCc1ccccc1-c1nc(Cl)c(CN2CCCCC2c2ccc(OC)c(OC)c2)n1CC1OCCO1. The molecule has 0 spiro atoms. The Hall–Kier alpha value is -2.58. The number of methoxy groups -OCH3 is 2. The highest BCUT2D eigenvalue weighted by Gasteiger charge is 2.30. The van der Waals surface area contributed by atoms with Crippen molar-refractivity contribution in [2.75, 3.05) is 34.0 Å². The van der Waals surface area contributed by atoms with Gasteiger partial charge in [0, 0.05) is 18.2 Å². The second-order valence-corrected chi connectivity index (χ2v) is 9.92. The van der Waals surface area contributed by atoms with Crippen LogP contribution in [0.15, 0.2) is 42.5 Å². The van der Waals surface area contributed by atoms with E-state index in [-0.39, 0.29) is 12.3 Å². The van der Waals surface area contributed by atoms with E-state index in [1.807, 2.05) is 6.07 Å². The van der Waals surface area contributed by atoms with Gasteiger partial charge in [0.15, 0.2) is 22.9 Å². The van der Waals surface area contributed by atoms with Crippen LogP contribution in [-0.2, 0) is 29.0 Å². The molecule has 2 saturated heterocycles. The van der Waals surface area contributed by atoms with E-state index in [0.29, 0.717) is 31.5 Å². The van der Waals surface area contributed by atoms with Crippen molar-refractivity contribution in [3.05, 3.63) is 64.4 Å². The normalized spacial score (nSPS) is 18.9. The van der Waals surface area contributed by atoms with E-state index in [2.05, 4.69) is 52.8 Å². The van der Waals surface area contributed by atoms with Crippen LogP contribution in [0.4, 0.5) is 0 Å². The number of aryl methyl sites for hydroxylation is 1. The molecule has 0 bridgehead atoms. The largest absolute Gasteiger partial charge is 0.493 e. The molecule has 7 nitrogen and oxygen atoms in total. The number of nitrogens with zero attached hydrogens (tertiary/aromatic N) is 3. The molecule has 37 heavy (non-hydrogen) atoms. The quantitative estimate of drug-likeness (QED) is 0.347. The minimum absolute atomic E-state index is 0.248. The van der Waals surface area contributed by atoms with E-state index in [0.717, 1.165) is 54.4 Å². The molecular weight excluding hydrogens is 490 g/mol. The number of rotatable bonds is 9. The molecule has 1 aromatic heterocycles. The van der Waals surface area contributed by atoms with Gasteiger partial charge in [0.25, 0.3) is 0 Å². The Labute approximate surface area is 224 Å². The molecule has 0 saturated carbocycles. The van der Waals surface area contributed by atoms with Crippen LogP contribution in [0.5, 0.6) is 11.5 Å². The molecule has 0 N–H and O–H groups in total. The summed E-state index contributed by atoms with van der Waals surface area (Å²) in [6.45, 7) is 5.61. The first-order valence-corrected chi connectivity index (χ1v) is 13.5. The van der Waals surface area contributed by atoms with Crippen LogP contribution in [-0.4, -0.2) is 54.7 Å². The lowest BCUT2D eigenvalue weighted by atomic mass is 9.94. The third-order valence-electron chi connectivity index (χ3n) is 7.44. The summed E-state index contributed by atoms with van der Waals surface area (Å²) in [5, 5.41) is 0.538. The number of ether oxygens (including phenoxy) is 4. The Kier molecular flexibility index (Phi) is 8.35. The van der Waals surface area contributed by atoms with Crippen molar-refractivity contribution in [2.45, 2.75) is 58.0 Å². The molecule has 2 aliphatic rings. The average Bonchev–Trinajstić information content (AvgIpc) is 3.57. The van der Waals surface area contributed by atoms with Gasteiger partial charge in [0.05, 0.1) is 39.7 Å². The van der Waals surface area contributed by atoms with E-state index in [1.54, 1.807) is 14.2 Å². The Morgan fingerprint density at radius 1 is 1.03 bits per heavy atom. The number of hydrogen-bond acceptors (Lipinski definition) is 6. The van der Waals surface area contributed by atoms with E-state index in [9.17, 15) is 0 Å². The molecule has 2 fully saturated rings. The molecular formula is C29H36ClN3O4. The maximum absolute atomic E-state index is 6.90. The fourth-order valence-electron chi connectivity index (χ4n) is 5.53. The van der Waals surface area contributed by atoms with Gasteiger partial charge < -0.3 is 23.5 Å². The number of hydrogen-bond donors (Lipinski definition) is 0. The molecule has 0 amide bonds. The van der Waals surface area contributed by atoms with Gasteiger partial charge >= 0.3 is 0 Å². The first-order chi connectivity index (χ1) is 18.1. The van der Waals surface area contributed by atoms with Crippen molar-refractivity contribution < 1.29 is 18.9 Å². The number of imidazole rings is 1.